The molecule has 12 rings (SSSR count). The van der Waals surface area contributed by atoms with E-state index in [1.165, 1.54) is 75.6 Å². The number of thiophene rings is 1. The highest BCUT2D eigenvalue weighted by molar-refractivity contribution is 7.26. The van der Waals surface area contributed by atoms with Gasteiger partial charge in [-0.1, -0.05) is 172 Å². The third kappa shape index (κ3) is 7.89. The lowest BCUT2D eigenvalue weighted by Crippen LogP contribution is -2.25. The molecule has 0 atom stereocenters. The van der Waals surface area contributed by atoms with E-state index in [1.807, 2.05) is 17.5 Å². The van der Waals surface area contributed by atoms with Crippen molar-refractivity contribution in [3.8, 4) is 39.6 Å². The van der Waals surface area contributed by atoms with E-state index in [9.17, 15) is 0 Å². The Balaban J connectivity index is 0.946. The minimum Gasteiger partial charge on any atom is -0.457 e. The van der Waals surface area contributed by atoms with Crippen molar-refractivity contribution < 1.29 is 4.74 Å². The molecule has 1 aliphatic rings. The van der Waals surface area contributed by atoms with Crippen LogP contribution < -0.4 is 14.5 Å². The van der Waals surface area contributed by atoms with Gasteiger partial charge in [-0.25, -0.2) is 4.98 Å². The standard InChI is InChI=1S/C66H60N4OS/c1-64(2,3)44-28-24-42(25-29-44)50-19-15-20-51(43-26-30-45(31-27-43)65(4,5)6)62(50)69-41-68(55-21-11-12-22-56(55)69)47-16-14-17-48(39-47)71-49-32-33-54-58(40-49)70(60-38-46(36-37-67-60)66(7,8)9)57-35-34-53-52-18-10-13-23-59(52)72-63(53)61(54)57/h10-40H,41H2,1-9H3. The summed E-state index contributed by atoms with van der Waals surface area (Å²) in [5, 5.41) is 4.99. The van der Waals surface area contributed by atoms with E-state index >= 15 is 0 Å². The molecular weight excluding hydrogens is 897 g/mol. The van der Waals surface area contributed by atoms with E-state index in [2.05, 4.69) is 259 Å². The normalized spacial score (nSPS) is 13.2. The number of rotatable bonds is 7. The Labute approximate surface area is 427 Å². The highest BCUT2D eigenvalue weighted by Gasteiger charge is 2.32. The number of aromatic nitrogens is 2. The van der Waals surface area contributed by atoms with Gasteiger partial charge in [0.1, 0.15) is 24.0 Å². The van der Waals surface area contributed by atoms with Crippen LogP contribution in [0.1, 0.15) is 79.0 Å². The lowest BCUT2D eigenvalue weighted by molar-refractivity contribution is 0.483. The van der Waals surface area contributed by atoms with Gasteiger partial charge in [-0.3, -0.25) is 4.57 Å². The number of para-hydroxylation sites is 3. The summed E-state index contributed by atoms with van der Waals surface area (Å²) in [4.78, 5) is 9.94. The molecule has 0 radical (unpaired) electrons. The third-order valence-corrected chi connectivity index (χ3v) is 15.8. The maximum absolute atomic E-state index is 6.94. The molecule has 0 aliphatic carbocycles. The summed E-state index contributed by atoms with van der Waals surface area (Å²) < 4.78 is 11.8. The lowest BCUT2D eigenvalue weighted by atomic mass is 9.85. The summed E-state index contributed by atoms with van der Waals surface area (Å²) >= 11 is 1.86. The van der Waals surface area contributed by atoms with Crippen molar-refractivity contribution in [2.45, 2.75) is 78.6 Å². The molecule has 0 fully saturated rings. The van der Waals surface area contributed by atoms with Crippen LogP contribution in [0.4, 0.5) is 22.7 Å². The molecule has 4 heterocycles. The fraction of sp³-hybridized carbons (Fsp3) is 0.197. The van der Waals surface area contributed by atoms with E-state index in [4.69, 9.17) is 9.72 Å². The van der Waals surface area contributed by atoms with Crippen LogP contribution in [0.25, 0.3) is 70.0 Å². The minimum absolute atomic E-state index is 0.0379. The minimum atomic E-state index is -0.0379. The molecule has 8 aromatic carbocycles. The number of fused-ring (bicyclic) bond motifs is 8. The van der Waals surface area contributed by atoms with Crippen molar-refractivity contribution in [1.82, 2.24) is 9.55 Å². The number of hydrogen-bond acceptors (Lipinski definition) is 5. The molecule has 6 heteroatoms. The van der Waals surface area contributed by atoms with Crippen molar-refractivity contribution in [3.05, 3.63) is 205 Å². The summed E-state index contributed by atoms with van der Waals surface area (Å²) in [6.07, 6.45) is 1.95. The molecule has 0 spiro atoms. The fourth-order valence-electron chi connectivity index (χ4n) is 10.7. The second-order valence-corrected chi connectivity index (χ2v) is 23.6. The molecule has 1 aliphatic heterocycles. The van der Waals surface area contributed by atoms with Gasteiger partial charge in [-0.15, -0.1) is 11.3 Å². The van der Waals surface area contributed by atoms with Gasteiger partial charge in [0, 0.05) is 66.1 Å². The first-order valence-electron chi connectivity index (χ1n) is 25.2. The van der Waals surface area contributed by atoms with Crippen LogP contribution >= 0.6 is 11.3 Å². The van der Waals surface area contributed by atoms with E-state index in [-0.39, 0.29) is 16.2 Å². The quantitative estimate of drug-likeness (QED) is 0.159. The second-order valence-electron chi connectivity index (χ2n) is 22.5. The van der Waals surface area contributed by atoms with Gasteiger partial charge < -0.3 is 14.5 Å². The zero-order valence-corrected chi connectivity index (χ0v) is 43.5. The van der Waals surface area contributed by atoms with Gasteiger partial charge in [-0.2, -0.15) is 0 Å². The molecule has 3 aromatic heterocycles. The average Bonchev–Trinajstić information content (AvgIpc) is 4.05. The zero-order chi connectivity index (χ0) is 49.7. The molecule has 5 nitrogen and oxygen atoms in total. The first-order valence-corrected chi connectivity index (χ1v) is 26.0. The highest BCUT2D eigenvalue weighted by Crippen LogP contribution is 2.51. The number of pyridine rings is 1. The predicted octanol–water partition coefficient (Wildman–Crippen LogP) is 18.8. The van der Waals surface area contributed by atoms with E-state index in [1.54, 1.807) is 0 Å². The van der Waals surface area contributed by atoms with Crippen LogP contribution in [0.5, 0.6) is 11.5 Å². The molecule has 0 saturated heterocycles. The maximum Gasteiger partial charge on any atom is 0.137 e. The Hall–Kier alpha value is -7.67. The molecule has 0 amide bonds. The van der Waals surface area contributed by atoms with Crippen LogP contribution in [-0.2, 0) is 16.2 Å². The van der Waals surface area contributed by atoms with Crippen molar-refractivity contribution in [3.63, 3.8) is 0 Å². The molecule has 0 saturated carbocycles. The van der Waals surface area contributed by atoms with Crippen molar-refractivity contribution in [1.29, 1.82) is 0 Å². The summed E-state index contributed by atoms with van der Waals surface area (Å²) in [5.41, 5.74) is 15.5. The van der Waals surface area contributed by atoms with Crippen LogP contribution in [0.2, 0.25) is 0 Å². The molecule has 11 aromatic rings. The Morgan fingerprint density at radius 2 is 1.07 bits per heavy atom. The topological polar surface area (TPSA) is 33.5 Å². The summed E-state index contributed by atoms with van der Waals surface area (Å²) in [6.45, 7) is 21.0. The van der Waals surface area contributed by atoms with E-state index in [0.29, 0.717) is 6.67 Å². The van der Waals surface area contributed by atoms with Crippen molar-refractivity contribution in [2.24, 2.45) is 0 Å². The van der Waals surface area contributed by atoms with Gasteiger partial charge in [0.25, 0.3) is 0 Å². The first-order chi connectivity index (χ1) is 34.6. The SMILES string of the molecule is CC(C)(C)c1ccc(-c2cccc(-c3ccc(C(C)(C)C)cc3)c2N2CN(c3cccc(Oc4ccc5c6c7sc8ccccc8c7ccc6n(-c6cc(C(C)(C)C)ccn6)c5c4)c3)c3ccccc32)cc1. The number of ether oxygens (including phenoxy) is 1. The Kier molecular flexibility index (Phi) is 10.7. The smallest absolute Gasteiger partial charge is 0.137 e. The van der Waals surface area contributed by atoms with Gasteiger partial charge in [-0.05, 0) is 105 Å². The first kappa shape index (κ1) is 45.5. The van der Waals surface area contributed by atoms with Gasteiger partial charge in [0.15, 0.2) is 0 Å². The zero-order valence-electron chi connectivity index (χ0n) is 42.7. The fourth-order valence-corrected chi connectivity index (χ4v) is 11.9. The largest absolute Gasteiger partial charge is 0.457 e. The van der Waals surface area contributed by atoms with Gasteiger partial charge in [0.05, 0.1) is 28.1 Å². The van der Waals surface area contributed by atoms with Gasteiger partial charge in [0.2, 0.25) is 0 Å². The highest BCUT2D eigenvalue weighted by atomic mass is 32.1. The monoisotopic (exact) mass is 956 g/mol. The molecule has 356 valence electrons. The van der Waals surface area contributed by atoms with Crippen molar-refractivity contribution >= 4 is 76.1 Å². The molecule has 0 N–H and O–H groups in total. The second kappa shape index (κ2) is 17.0. The Morgan fingerprint density at radius 3 is 1.74 bits per heavy atom. The number of nitrogens with zero attached hydrogens (tertiary/aromatic N) is 4. The Bertz CT molecular complexity index is 3800. The number of anilines is 4. The molecule has 72 heavy (non-hydrogen) atoms. The molecular formula is C66H60N4OS. The summed E-state index contributed by atoms with van der Waals surface area (Å²) in [6, 6.07) is 66.7. The van der Waals surface area contributed by atoms with Crippen LogP contribution in [0.3, 0.4) is 0 Å². The van der Waals surface area contributed by atoms with Crippen molar-refractivity contribution in [2.75, 3.05) is 16.5 Å². The maximum atomic E-state index is 6.94. The van der Waals surface area contributed by atoms with Gasteiger partial charge >= 0.3 is 0 Å². The number of benzene rings is 8. The van der Waals surface area contributed by atoms with E-state index in [0.717, 1.165) is 45.4 Å². The lowest BCUT2D eigenvalue weighted by Gasteiger charge is -2.28. The molecule has 0 bridgehead atoms. The predicted molar refractivity (Wildman–Crippen MR) is 307 cm³/mol. The van der Waals surface area contributed by atoms with Crippen LogP contribution in [-0.4, -0.2) is 16.2 Å². The summed E-state index contributed by atoms with van der Waals surface area (Å²) in [5.74, 6) is 2.43. The average molecular weight is 957 g/mol. The van der Waals surface area contributed by atoms with Crippen LogP contribution in [0, 0.1) is 0 Å². The number of hydrogen-bond donors (Lipinski definition) is 0. The summed E-state index contributed by atoms with van der Waals surface area (Å²) in [7, 11) is 0. The van der Waals surface area contributed by atoms with Crippen LogP contribution in [0.15, 0.2) is 188 Å². The molecule has 0 unspecified atom stereocenters. The third-order valence-electron chi connectivity index (χ3n) is 14.6. The Morgan fingerprint density at radius 1 is 0.472 bits per heavy atom. The van der Waals surface area contributed by atoms with E-state index < -0.39 is 0 Å².